The number of aryl methyl sites for hydroxylation is 1. The lowest BCUT2D eigenvalue weighted by molar-refractivity contribution is -0.166. The van der Waals surface area contributed by atoms with Gasteiger partial charge in [0, 0.05) is 11.8 Å². The molecule has 204 valence electrons. The zero-order chi connectivity index (χ0) is 27.3. The van der Waals surface area contributed by atoms with Crippen molar-refractivity contribution < 1.29 is 31.9 Å². The fraction of sp³-hybridized carbons (Fsp3) is 0.385. The van der Waals surface area contributed by atoms with Crippen LogP contribution >= 0.6 is 0 Å². The Hall–Kier alpha value is -3.13. The van der Waals surface area contributed by atoms with E-state index >= 15 is 0 Å². The molecule has 1 aromatic heterocycles. The highest BCUT2D eigenvalue weighted by Gasteiger charge is 2.59. The van der Waals surface area contributed by atoms with Gasteiger partial charge in [-0.1, -0.05) is 60.7 Å². The monoisotopic (exact) mass is 546 g/mol. The van der Waals surface area contributed by atoms with E-state index in [-0.39, 0.29) is 25.4 Å². The highest BCUT2D eigenvalue weighted by molar-refractivity contribution is 7.85. The Morgan fingerprint density at radius 2 is 1.63 bits per heavy atom. The Bertz CT molecular complexity index is 1440. The van der Waals surface area contributed by atoms with Crippen molar-refractivity contribution in [3.8, 4) is 0 Å². The molecule has 3 aromatic rings. The third-order valence-electron chi connectivity index (χ3n) is 6.27. The van der Waals surface area contributed by atoms with Crippen LogP contribution in [0.15, 0.2) is 76.4 Å². The molecule has 11 nitrogen and oxygen atoms in total. The number of benzene rings is 2. The Morgan fingerprint density at radius 1 is 1.03 bits per heavy atom. The molecule has 0 saturated carbocycles. The molecule has 0 bridgehead atoms. The standard InChI is InChI=1S/C26H30N2O9S/c1-18-13-28(25(31)27-23(18)30)24-22(29)26(17-36-38(2,32)33,35-15-20-11-7-4-8-12-20)21(37-24)16-34-14-19-9-5-3-6-10-19/h3-13,21-22,24,29H,14-17H2,1-2H3,(H,27,30,31)/t21-,22-,24+,26-/m1/s1. The maximum absolute atomic E-state index is 12.7. The minimum atomic E-state index is -3.95. The number of H-pyrrole nitrogens is 1. The summed E-state index contributed by atoms with van der Waals surface area (Å²) in [5, 5.41) is 11.6. The summed E-state index contributed by atoms with van der Waals surface area (Å²) >= 11 is 0. The summed E-state index contributed by atoms with van der Waals surface area (Å²) in [7, 11) is -3.95. The van der Waals surface area contributed by atoms with Crippen LogP contribution in [-0.4, -0.2) is 60.4 Å². The van der Waals surface area contributed by atoms with Crippen molar-refractivity contribution in [2.24, 2.45) is 0 Å². The van der Waals surface area contributed by atoms with E-state index < -0.39 is 52.0 Å². The van der Waals surface area contributed by atoms with Crippen LogP contribution in [0.5, 0.6) is 0 Å². The molecule has 0 amide bonds. The molecule has 1 aliphatic rings. The number of nitrogens with zero attached hydrogens (tertiary/aromatic N) is 1. The second kappa shape index (κ2) is 11.7. The Morgan fingerprint density at radius 3 is 2.24 bits per heavy atom. The van der Waals surface area contributed by atoms with Crippen molar-refractivity contribution in [3.63, 3.8) is 0 Å². The van der Waals surface area contributed by atoms with Crippen LogP contribution in [0.25, 0.3) is 0 Å². The summed E-state index contributed by atoms with van der Waals surface area (Å²) < 4.78 is 48.3. The van der Waals surface area contributed by atoms with Gasteiger partial charge in [0.2, 0.25) is 0 Å². The van der Waals surface area contributed by atoms with Crippen molar-refractivity contribution in [2.45, 2.75) is 44.2 Å². The molecule has 12 heteroatoms. The lowest BCUT2D eigenvalue weighted by Crippen LogP contribution is -2.55. The molecule has 0 unspecified atom stereocenters. The molecule has 1 fully saturated rings. The highest BCUT2D eigenvalue weighted by Crippen LogP contribution is 2.41. The van der Waals surface area contributed by atoms with Gasteiger partial charge in [-0.2, -0.15) is 8.42 Å². The SMILES string of the molecule is Cc1cn([C@H]2O[C@H](COCc3ccccc3)[C@@](COS(C)(=O)=O)(OCc3ccccc3)[C@@H]2O)c(=O)[nH]c1=O. The number of aromatic nitrogens is 2. The summed E-state index contributed by atoms with van der Waals surface area (Å²) in [5.74, 6) is 0. The van der Waals surface area contributed by atoms with Crippen LogP contribution in [0.2, 0.25) is 0 Å². The van der Waals surface area contributed by atoms with E-state index in [0.717, 1.165) is 21.9 Å². The predicted octanol–water partition coefficient (Wildman–Crippen LogP) is 1.25. The van der Waals surface area contributed by atoms with Crippen LogP contribution in [0.4, 0.5) is 0 Å². The van der Waals surface area contributed by atoms with Crippen molar-refractivity contribution in [2.75, 3.05) is 19.5 Å². The molecule has 0 spiro atoms. The first kappa shape index (κ1) is 27.9. The normalized spacial score (nSPS) is 23.5. The number of aromatic amines is 1. The van der Waals surface area contributed by atoms with E-state index in [4.69, 9.17) is 18.4 Å². The van der Waals surface area contributed by atoms with E-state index in [9.17, 15) is 23.1 Å². The molecule has 4 atom stereocenters. The molecule has 0 radical (unpaired) electrons. The molecule has 0 aliphatic carbocycles. The van der Waals surface area contributed by atoms with Gasteiger partial charge in [-0.15, -0.1) is 0 Å². The van der Waals surface area contributed by atoms with Crippen molar-refractivity contribution in [1.82, 2.24) is 9.55 Å². The number of hydrogen-bond donors (Lipinski definition) is 2. The Kier molecular flexibility index (Phi) is 8.61. The van der Waals surface area contributed by atoms with Gasteiger partial charge in [0.1, 0.15) is 18.8 Å². The number of nitrogens with one attached hydrogen (secondary N) is 1. The van der Waals surface area contributed by atoms with Gasteiger partial charge < -0.3 is 19.3 Å². The Labute approximate surface area is 219 Å². The average molecular weight is 547 g/mol. The molecule has 1 saturated heterocycles. The number of aliphatic hydroxyl groups is 1. The predicted molar refractivity (Wildman–Crippen MR) is 137 cm³/mol. The third-order valence-corrected chi connectivity index (χ3v) is 6.82. The largest absolute Gasteiger partial charge is 0.385 e. The molecule has 4 rings (SSSR count). The van der Waals surface area contributed by atoms with Crippen molar-refractivity contribution in [1.29, 1.82) is 0 Å². The van der Waals surface area contributed by atoms with Crippen molar-refractivity contribution in [3.05, 3.63) is 104 Å². The van der Waals surface area contributed by atoms with Gasteiger partial charge in [0.15, 0.2) is 11.8 Å². The molecule has 1 aliphatic heterocycles. The summed E-state index contributed by atoms with van der Waals surface area (Å²) in [6.45, 7) is 0.966. The molecule has 2 aromatic carbocycles. The summed E-state index contributed by atoms with van der Waals surface area (Å²) in [4.78, 5) is 26.8. The minimum Gasteiger partial charge on any atom is -0.385 e. The first-order valence-corrected chi connectivity index (χ1v) is 13.7. The van der Waals surface area contributed by atoms with E-state index in [2.05, 4.69) is 4.98 Å². The first-order chi connectivity index (χ1) is 18.1. The van der Waals surface area contributed by atoms with Gasteiger partial charge in [-0.05, 0) is 18.1 Å². The van der Waals surface area contributed by atoms with E-state index in [0.29, 0.717) is 0 Å². The average Bonchev–Trinajstić information content (AvgIpc) is 3.16. The van der Waals surface area contributed by atoms with E-state index in [1.807, 2.05) is 60.7 Å². The lowest BCUT2D eigenvalue weighted by Gasteiger charge is -2.35. The quantitative estimate of drug-likeness (QED) is 0.339. The topological polar surface area (TPSA) is 146 Å². The fourth-order valence-electron chi connectivity index (χ4n) is 4.21. The molecule has 38 heavy (non-hydrogen) atoms. The smallest absolute Gasteiger partial charge is 0.330 e. The molecular weight excluding hydrogens is 516 g/mol. The van der Waals surface area contributed by atoms with Gasteiger partial charge >= 0.3 is 5.69 Å². The maximum Gasteiger partial charge on any atom is 0.330 e. The first-order valence-electron chi connectivity index (χ1n) is 11.9. The lowest BCUT2D eigenvalue weighted by atomic mass is 9.92. The third kappa shape index (κ3) is 6.46. The second-order valence-corrected chi connectivity index (χ2v) is 10.8. The minimum absolute atomic E-state index is 0.0180. The zero-order valence-electron chi connectivity index (χ0n) is 21.0. The van der Waals surface area contributed by atoms with Gasteiger partial charge in [0.25, 0.3) is 15.7 Å². The molecule has 2 heterocycles. The van der Waals surface area contributed by atoms with Crippen LogP contribution in [0, 0.1) is 6.92 Å². The van der Waals surface area contributed by atoms with Crippen LogP contribution in [-0.2, 0) is 41.7 Å². The second-order valence-electron chi connectivity index (χ2n) is 9.14. The van der Waals surface area contributed by atoms with E-state index in [1.54, 1.807) is 0 Å². The van der Waals surface area contributed by atoms with E-state index in [1.165, 1.54) is 13.1 Å². The number of rotatable bonds is 11. The van der Waals surface area contributed by atoms with Gasteiger partial charge in [0.05, 0.1) is 26.1 Å². The molecular formula is C26H30N2O9S. The number of aliphatic hydroxyl groups excluding tert-OH is 1. The van der Waals surface area contributed by atoms with Crippen LogP contribution < -0.4 is 11.2 Å². The Balaban J connectivity index is 1.70. The van der Waals surface area contributed by atoms with Gasteiger partial charge in [-0.25, -0.2) is 4.79 Å². The van der Waals surface area contributed by atoms with Crippen LogP contribution in [0.1, 0.15) is 22.9 Å². The fourth-order valence-corrected chi connectivity index (χ4v) is 4.61. The number of ether oxygens (including phenoxy) is 3. The van der Waals surface area contributed by atoms with Gasteiger partial charge in [-0.3, -0.25) is 18.5 Å². The number of hydrogen-bond acceptors (Lipinski definition) is 9. The molecule has 2 N–H and O–H groups in total. The van der Waals surface area contributed by atoms with Crippen molar-refractivity contribution >= 4 is 10.1 Å². The highest BCUT2D eigenvalue weighted by atomic mass is 32.2. The maximum atomic E-state index is 12.7. The summed E-state index contributed by atoms with van der Waals surface area (Å²) in [6.07, 6.45) is -1.82. The zero-order valence-corrected chi connectivity index (χ0v) is 21.8. The van der Waals surface area contributed by atoms with Crippen LogP contribution in [0.3, 0.4) is 0 Å². The summed E-state index contributed by atoms with van der Waals surface area (Å²) in [6, 6.07) is 18.4. The summed E-state index contributed by atoms with van der Waals surface area (Å²) in [5.41, 5.74) is -1.29.